The minimum atomic E-state index is -0.00161. The molecule has 0 aliphatic carbocycles. The molecule has 0 saturated carbocycles. The molecule has 1 amide bonds. The SMILES string of the molecule is COc1nc(C(=C[C@@H]2CCC(=O)N2)c2ccc(C(C)(C)C)cc2)ccc1Cl. The Morgan fingerprint density at radius 3 is 2.48 bits per heavy atom. The number of rotatable bonds is 4. The van der Waals surface area contributed by atoms with Crippen molar-refractivity contribution in [3.8, 4) is 5.88 Å². The number of carbonyl (C=O) groups is 1. The van der Waals surface area contributed by atoms with E-state index in [0.29, 0.717) is 17.3 Å². The van der Waals surface area contributed by atoms with Crippen molar-refractivity contribution in [3.63, 3.8) is 0 Å². The van der Waals surface area contributed by atoms with Crippen molar-refractivity contribution >= 4 is 23.1 Å². The fourth-order valence-electron chi connectivity index (χ4n) is 3.16. The highest BCUT2D eigenvalue weighted by molar-refractivity contribution is 6.31. The fraction of sp³-hybridized carbons (Fsp3) is 0.364. The van der Waals surface area contributed by atoms with Crippen LogP contribution in [0.25, 0.3) is 5.57 Å². The smallest absolute Gasteiger partial charge is 0.232 e. The van der Waals surface area contributed by atoms with Crippen LogP contribution in [-0.2, 0) is 10.2 Å². The van der Waals surface area contributed by atoms with Crippen LogP contribution in [0.1, 0.15) is 50.4 Å². The van der Waals surface area contributed by atoms with Crippen molar-refractivity contribution in [2.24, 2.45) is 0 Å². The van der Waals surface area contributed by atoms with Gasteiger partial charge in [-0.05, 0) is 35.1 Å². The highest BCUT2D eigenvalue weighted by atomic mass is 35.5. The summed E-state index contributed by atoms with van der Waals surface area (Å²) in [6.45, 7) is 6.58. The first-order valence-corrected chi connectivity index (χ1v) is 9.49. The van der Waals surface area contributed by atoms with E-state index in [4.69, 9.17) is 16.3 Å². The number of halogens is 1. The highest BCUT2D eigenvalue weighted by Gasteiger charge is 2.21. The molecule has 2 aromatic rings. The van der Waals surface area contributed by atoms with Gasteiger partial charge in [0.05, 0.1) is 12.8 Å². The van der Waals surface area contributed by atoms with Gasteiger partial charge in [0.2, 0.25) is 11.8 Å². The lowest BCUT2D eigenvalue weighted by molar-refractivity contribution is -0.119. The first-order chi connectivity index (χ1) is 12.8. The minimum absolute atomic E-state index is 0.00161. The number of benzene rings is 1. The summed E-state index contributed by atoms with van der Waals surface area (Å²) in [6.07, 6.45) is 3.41. The Bertz CT molecular complexity index is 867. The Kier molecular flexibility index (Phi) is 5.56. The molecule has 142 valence electrons. The topological polar surface area (TPSA) is 51.2 Å². The average molecular weight is 385 g/mol. The van der Waals surface area contributed by atoms with Crippen molar-refractivity contribution in [2.75, 3.05) is 7.11 Å². The van der Waals surface area contributed by atoms with E-state index in [1.54, 1.807) is 13.2 Å². The summed E-state index contributed by atoms with van der Waals surface area (Å²) in [7, 11) is 1.55. The van der Waals surface area contributed by atoms with Crippen molar-refractivity contribution in [2.45, 2.75) is 45.1 Å². The molecule has 2 heterocycles. The van der Waals surface area contributed by atoms with Crippen LogP contribution in [0, 0.1) is 0 Å². The Hall–Kier alpha value is -2.33. The Morgan fingerprint density at radius 2 is 1.93 bits per heavy atom. The van der Waals surface area contributed by atoms with Crippen LogP contribution >= 0.6 is 11.6 Å². The lowest BCUT2D eigenvalue weighted by atomic mass is 9.86. The molecule has 1 aliphatic rings. The Morgan fingerprint density at radius 1 is 1.22 bits per heavy atom. The van der Waals surface area contributed by atoms with E-state index < -0.39 is 0 Å². The van der Waals surface area contributed by atoms with Gasteiger partial charge in [-0.2, -0.15) is 0 Å². The second-order valence-electron chi connectivity index (χ2n) is 7.81. The number of hydrogen-bond acceptors (Lipinski definition) is 3. The molecule has 1 aromatic heterocycles. The Balaban J connectivity index is 2.05. The van der Waals surface area contributed by atoms with Crippen LogP contribution in [0.15, 0.2) is 42.5 Å². The molecule has 1 N–H and O–H groups in total. The number of pyridine rings is 1. The third-order valence-electron chi connectivity index (χ3n) is 4.74. The molecule has 1 fully saturated rings. The van der Waals surface area contributed by atoms with E-state index in [1.165, 1.54) is 5.56 Å². The van der Waals surface area contributed by atoms with Gasteiger partial charge in [0.15, 0.2) is 0 Å². The van der Waals surface area contributed by atoms with Gasteiger partial charge in [-0.15, -0.1) is 0 Å². The molecule has 5 heteroatoms. The Labute approximate surface area is 165 Å². The van der Waals surface area contributed by atoms with Gasteiger partial charge in [-0.1, -0.05) is 62.7 Å². The number of aromatic nitrogens is 1. The van der Waals surface area contributed by atoms with Gasteiger partial charge in [0, 0.05) is 18.0 Å². The molecule has 1 aromatic carbocycles. The number of ether oxygens (including phenoxy) is 1. The zero-order valence-corrected chi connectivity index (χ0v) is 16.9. The van der Waals surface area contributed by atoms with Crippen molar-refractivity contribution < 1.29 is 9.53 Å². The van der Waals surface area contributed by atoms with Crippen LogP contribution < -0.4 is 10.1 Å². The third-order valence-corrected chi connectivity index (χ3v) is 5.03. The molecule has 0 bridgehead atoms. The molecule has 27 heavy (non-hydrogen) atoms. The first-order valence-electron chi connectivity index (χ1n) is 9.11. The molecule has 4 nitrogen and oxygen atoms in total. The third kappa shape index (κ3) is 4.51. The van der Waals surface area contributed by atoms with E-state index in [1.807, 2.05) is 6.07 Å². The van der Waals surface area contributed by atoms with Crippen LogP contribution in [0.3, 0.4) is 0 Å². The summed E-state index contributed by atoms with van der Waals surface area (Å²) < 4.78 is 5.28. The standard InChI is InChI=1S/C22H25ClN2O2/c1-22(2,3)15-7-5-14(6-8-15)17(13-16-9-12-20(26)24-16)19-11-10-18(23)21(25-19)27-4/h5-8,10-11,13,16H,9,12H2,1-4H3,(H,24,26)/t16-/m0/s1. The zero-order valence-electron chi connectivity index (χ0n) is 16.2. The van der Waals surface area contributed by atoms with Gasteiger partial charge in [0.25, 0.3) is 0 Å². The van der Waals surface area contributed by atoms with E-state index in [0.717, 1.165) is 23.3 Å². The molecule has 0 unspecified atom stereocenters. The van der Waals surface area contributed by atoms with Gasteiger partial charge >= 0.3 is 0 Å². The zero-order chi connectivity index (χ0) is 19.6. The maximum absolute atomic E-state index is 11.6. The van der Waals surface area contributed by atoms with Crippen LogP contribution in [0.4, 0.5) is 0 Å². The van der Waals surface area contributed by atoms with Gasteiger partial charge in [-0.3, -0.25) is 4.79 Å². The maximum atomic E-state index is 11.6. The summed E-state index contributed by atoms with van der Waals surface area (Å²) in [4.78, 5) is 16.2. The minimum Gasteiger partial charge on any atom is -0.480 e. The number of carbonyl (C=O) groups excluding carboxylic acids is 1. The van der Waals surface area contributed by atoms with Gasteiger partial charge in [-0.25, -0.2) is 4.98 Å². The summed E-state index contributed by atoms with van der Waals surface area (Å²) >= 11 is 6.14. The molecule has 1 atom stereocenters. The second-order valence-corrected chi connectivity index (χ2v) is 8.22. The van der Waals surface area contributed by atoms with E-state index in [9.17, 15) is 4.79 Å². The number of nitrogens with zero attached hydrogens (tertiary/aromatic N) is 1. The van der Waals surface area contributed by atoms with E-state index in [2.05, 4.69) is 61.4 Å². The number of nitrogens with one attached hydrogen (secondary N) is 1. The number of methoxy groups -OCH3 is 1. The largest absolute Gasteiger partial charge is 0.480 e. The molecular formula is C22H25ClN2O2. The summed E-state index contributed by atoms with van der Waals surface area (Å²) in [5.41, 5.74) is 4.12. The van der Waals surface area contributed by atoms with Crippen molar-refractivity contribution in [3.05, 3.63) is 64.3 Å². The highest BCUT2D eigenvalue weighted by Crippen LogP contribution is 2.31. The summed E-state index contributed by atoms with van der Waals surface area (Å²) in [5, 5.41) is 3.47. The number of hydrogen-bond donors (Lipinski definition) is 1. The van der Waals surface area contributed by atoms with Gasteiger partial charge < -0.3 is 10.1 Å². The molecule has 0 radical (unpaired) electrons. The van der Waals surface area contributed by atoms with Crippen LogP contribution in [0.2, 0.25) is 5.02 Å². The molecule has 1 saturated heterocycles. The molecular weight excluding hydrogens is 360 g/mol. The van der Waals surface area contributed by atoms with Gasteiger partial charge in [0.1, 0.15) is 5.02 Å². The molecule has 0 spiro atoms. The van der Waals surface area contributed by atoms with E-state index >= 15 is 0 Å². The predicted octanol–water partition coefficient (Wildman–Crippen LogP) is 4.75. The lowest BCUT2D eigenvalue weighted by Gasteiger charge is -2.20. The predicted molar refractivity (Wildman–Crippen MR) is 109 cm³/mol. The van der Waals surface area contributed by atoms with Crippen molar-refractivity contribution in [1.29, 1.82) is 0 Å². The van der Waals surface area contributed by atoms with Crippen LogP contribution in [0.5, 0.6) is 5.88 Å². The second kappa shape index (κ2) is 7.73. The first kappa shape index (κ1) is 19.4. The maximum Gasteiger partial charge on any atom is 0.232 e. The monoisotopic (exact) mass is 384 g/mol. The lowest BCUT2D eigenvalue weighted by Crippen LogP contribution is -2.23. The average Bonchev–Trinajstić information content (AvgIpc) is 3.05. The normalized spacial score (nSPS) is 17.7. The number of amides is 1. The summed E-state index contributed by atoms with van der Waals surface area (Å²) in [6, 6.07) is 12.2. The quantitative estimate of drug-likeness (QED) is 0.827. The van der Waals surface area contributed by atoms with Crippen LogP contribution in [-0.4, -0.2) is 24.0 Å². The fourth-order valence-corrected chi connectivity index (χ4v) is 3.34. The summed E-state index contributed by atoms with van der Waals surface area (Å²) in [5.74, 6) is 0.474. The molecule has 1 aliphatic heterocycles. The van der Waals surface area contributed by atoms with E-state index in [-0.39, 0.29) is 17.4 Å². The van der Waals surface area contributed by atoms with Crippen molar-refractivity contribution in [1.82, 2.24) is 10.3 Å². The molecule has 3 rings (SSSR count).